The van der Waals surface area contributed by atoms with Crippen molar-refractivity contribution >= 4 is 42.7 Å². The van der Waals surface area contributed by atoms with Gasteiger partial charge in [-0.15, -0.1) is 0 Å². The van der Waals surface area contributed by atoms with Crippen LogP contribution in [0.15, 0.2) is 121 Å². The zero-order valence-electron chi connectivity index (χ0n) is 35.4. The van der Waals surface area contributed by atoms with Crippen LogP contribution in [-0.4, -0.2) is 42.4 Å². The molecule has 62 heavy (non-hydrogen) atoms. The normalized spacial score (nSPS) is 15.5. The molecule has 0 radical (unpaired) electrons. The van der Waals surface area contributed by atoms with Crippen LogP contribution in [-0.2, 0) is 34.1 Å². The van der Waals surface area contributed by atoms with Gasteiger partial charge >= 0.3 is 180 Å². The molecule has 0 aliphatic heterocycles. The summed E-state index contributed by atoms with van der Waals surface area (Å²) in [6, 6.07) is 33.8. The quantitative estimate of drug-likeness (QED) is 0.159. The van der Waals surface area contributed by atoms with Gasteiger partial charge in [0.15, 0.2) is 0 Å². The second-order valence-electron chi connectivity index (χ2n) is 16.1. The van der Waals surface area contributed by atoms with Crippen molar-refractivity contribution in [3.05, 3.63) is 161 Å². The van der Waals surface area contributed by atoms with E-state index in [0.717, 1.165) is 10.5 Å². The average molecular weight is 1040 g/mol. The van der Waals surface area contributed by atoms with Crippen molar-refractivity contribution in [3.63, 3.8) is 0 Å². The second kappa shape index (κ2) is 29.2. The number of rotatable bonds is 7. The Bertz CT molecular complexity index is 1790. The molecule has 330 valence electrons. The molecule has 2 N–H and O–H groups in total. The first-order valence-electron chi connectivity index (χ1n) is 21.9. The van der Waals surface area contributed by atoms with E-state index < -0.39 is 32.1 Å². The van der Waals surface area contributed by atoms with Crippen molar-refractivity contribution in [1.29, 1.82) is 0 Å². The smallest absolute Gasteiger partial charge is 0.478 e. The Morgan fingerprint density at radius 2 is 0.597 bits per heavy atom. The van der Waals surface area contributed by atoms with Crippen LogP contribution in [0, 0.1) is 17.5 Å². The number of carbonyl (C=O) groups is 2. The van der Waals surface area contributed by atoms with Crippen molar-refractivity contribution in [2.24, 2.45) is 0 Å². The Kier molecular flexibility index (Phi) is 25.0. The molecule has 5 aromatic rings. The van der Waals surface area contributed by atoms with Gasteiger partial charge in [0.25, 0.3) is 0 Å². The molecule has 0 spiro atoms. The second-order valence-corrected chi connectivity index (χ2v) is 22.5. The molecular formula is C52H60F3Fe2O4Sb+4. The summed E-state index contributed by atoms with van der Waals surface area (Å²) in [4.78, 5) is 21.3. The first-order valence-corrected chi connectivity index (χ1v) is 25.7. The van der Waals surface area contributed by atoms with E-state index in [1.165, 1.54) is 163 Å². The molecule has 0 unspecified atom stereocenters. The molecule has 0 aromatic heterocycles. The van der Waals surface area contributed by atoms with Crippen LogP contribution in [0.3, 0.4) is 0 Å². The molecule has 4 saturated carbocycles. The van der Waals surface area contributed by atoms with Crippen LogP contribution >= 0.6 is 0 Å². The molecule has 4 aliphatic carbocycles. The van der Waals surface area contributed by atoms with E-state index in [1.807, 2.05) is 24.3 Å². The minimum atomic E-state index is -2.40. The Balaban J connectivity index is 0.000000224. The summed E-state index contributed by atoms with van der Waals surface area (Å²) in [7, 11) is 0. The molecule has 0 amide bonds. The standard InChI is InChI=1S/2C12H14O2.3C6H4F.2C5H10.2Fe.Sb/c2*13-12(14)11-7-5-10(6-8-11)9-3-1-2-4-9;3*7-6-4-2-1-3-5-6;2*1-2-4-5-3-1;;;/h2*5-9H,1-4H2,(H,13,14);3*2-5H;2*1-5H2;;;/q;;;;;;;2*+2;. The van der Waals surface area contributed by atoms with Crippen molar-refractivity contribution in [2.75, 3.05) is 0 Å². The van der Waals surface area contributed by atoms with Crippen molar-refractivity contribution in [1.82, 2.24) is 0 Å². The fourth-order valence-corrected chi connectivity index (χ4v) is 14.7. The molecule has 0 saturated heterocycles. The monoisotopic (exact) mass is 1040 g/mol. The SMILES string of the molecule is C1CCCC1.C1CCCC1.Fc1cc[c]([Sb]([c]2ccc(F)cc2)[c]2ccc(F)cc2)cc1.O=C(O)c1ccc(C2CCCC2)cc1.O=C(O)c1ccc(C2CCCC2)cc1.[Fe+2].[Fe+2]. The van der Waals surface area contributed by atoms with Gasteiger partial charge in [-0.2, -0.15) is 0 Å². The van der Waals surface area contributed by atoms with Gasteiger partial charge in [-0.1, -0.05) is 114 Å². The summed E-state index contributed by atoms with van der Waals surface area (Å²) in [6.07, 6.45) is 25.3. The van der Waals surface area contributed by atoms with E-state index in [0.29, 0.717) is 23.0 Å². The summed E-state index contributed by atoms with van der Waals surface area (Å²) >= 11 is -2.40. The van der Waals surface area contributed by atoms with E-state index in [9.17, 15) is 22.8 Å². The first kappa shape index (κ1) is 53.0. The van der Waals surface area contributed by atoms with Gasteiger partial charge in [-0.3, -0.25) is 0 Å². The van der Waals surface area contributed by atoms with Crippen LogP contribution in [0.25, 0.3) is 0 Å². The van der Waals surface area contributed by atoms with E-state index in [4.69, 9.17) is 10.2 Å². The van der Waals surface area contributed by atoms with E-state index >= 15 is 0 Å². The largest absolute Gasteiger partial charge is 2.00 e. The molecule has 4 fully saturated rings. The Morgan fingerprint density at radius 3 is 0.806 bits per heavy atom. The summed E-state index contributed by atoms with van der Waals surface area (Å²) in [6.45, 7) is 0. The minimum Gasteiger partial charge on any atom is -0.478 e. The predicted molar refractivity (Wildman–Crippen MR) is 239 cm³/mol. The number of carboxylic acids is 2. The topological polar surface area (TPSA) is 74.6 Å². The Morgan fingerprint density at radius 1 is 0.371 bits per heavy atom. The van der Waals surface area contributed by atoms with Crippen LogP contribution < -0.4 is 10.5 Å². The number of aromatic carboxylic acids is 2. The van der Waals surface area contributed by atoms with Gasteiger partial charge < -0.3 is 10.2 Å². The van der Waals surface area contributed by atoms with E-state index in [2.05, 4.69) is 0 Å². The molecule has 0 atom stereocenters. The fourth-order valence-electron chi connectivity index (χ4n) is 8.30. The molecular weight excluding hydrogens is 979 g/mol. The molecule has 9 rings (SSSR count). The summed E-state index contributed by atoms with van der Waals surface area (Å²) in [5, 5.41) is 17.5. The molecule has 10 heteroatoms. The predicted octanol–water partition coefficient (Wildman–Crippen LogP) is 12.6. The number of carboxylic acid groups (broad SMARTS) is 2. The van der Waals surface area contributed by atoms with Crippen LogP contribution in [0.5, 0.6) is 0 Å². The number of halogens is 3. The van der Waals surface area contributed by atoms with Crippen LogP contribution in [0.2, 0.25) is 0 Å². The Labute approximate surface area is 395 Å². The molecule has 0 bridgehead atoms. The summed E-state index contributed by atoms with van der Waals surface area (Å²) < 4.78 is 42.7. The maximum absolute atomic E-state index is 13.2. The third kappa shape index (κ3) is 18.0. The molecule has 4 aliphatic rings. The van der Waals surface area contributed by atoms with Gasteiger partial charge in [0, 0.05) is 0 Å². The first-order chi connectivity index (χ1) is 29.2. The van der Waals surface area contributed by atoms with Crippen molar-refractivity contribution < 1.29 is 67.1 Å². The molecule has 0 heterocycles. The fraction of sp³-hybridized carbons (Fsp3) is 0.385. The van der Waals surface area contributed by atoms with Crippen molar-refractivity contribution in [3.8, 4) is 0 Å². The van der Waals surface area contributed by atoms with Crippen LogP contribution in [0.4, 0.5) is 13.2 Å². The van der Waals surface area contributed by atoms with Gasteiger partial charge in [0.05, 0.1) is 11.1 Å². The molecule has 4 nitrogen and oxygen atoms in total. The van der Waals surface area contributed by atoms with Gasteiger partial charge in [0.1, 0.15) is 0 Å². The minimum absolute atomic E-state index is 0. The van der Waals surface area contributed by atoms with Gasteiger partial charge in [-0.25, -0.2) is 9.59 Å². The molecule has 5 aromatic carbocycles. The summed E-state index contributed by atoms with van der Waals surface area (Å²) in [5.74, 6) is -1.23. The van der Waals surface area contributed by atoms with E-state index in [1.54, 1.807) is 60.7 Å². The third-order valence-corrected chi connectivity index (χ3v) is 18.7. The van der Waals surface area contributed by atoms with E-state index in [-0.39, 0.29) is 51.6 Å². The summed E-state index contributed by atoms with van der Waals surface area (Å²) in [5.41, 5.74) is 3.36. The number of hydrogen-bond donors (Lipinski definition) is 2. The van der Waals surface area contributed by atoms with Crippen molar-refractivity contribution in [2.45, 2.75) is 127 Å². The van der Waals surface area contributed by atoms with Gasteiger partial charge in [0.2, 0.25) is 0 Å². The number of hydrogen-bond acceptors (Lipinski definition) is 2. The zero-order valence-corrected chi connectivity index (χ0v) is 40.2. The maximum Gasteiger partial charge on any atom is 2.00 e. The zero-order chi connectivity index (χ0) is 42.5. The maximum atomic E-state index is 13.2. The van der Waals surface area contributed by atoms with Gasteiger partial charge in [-0.05, 0) is 72.9 Å². The Hall–Kier alpha value is -3.31. The van der Waals surface area contributed by atoms with Crippen LogP contribution in [0.1, 0.15) is 159 Å². The number of benzene rings is 5. The average Bonchev–Trinajstić information content (AvgIpc) is 4.14. The third-order valence-electron chi connectivity index (χ3n) is 11.7.